The van der Waals surface area contributed by atoms with Crippen molar-refractivity contribution in [3.63, 3.8) is 0 Å². The Morgan fingerprint density at radius 1 is 1.21 bits per heavy atom. The van der Waals surface area contributed by atoms with Gasteiger partial charge in [0, 0.05) is 9.83 Å². The highest BCUT2D eigenvalue weighted by molar-refractivity contribution is 9.24. The van der Waals surface area contributed by atoms with Gasteiger partial charge >= 0.3 is 0 Å². The lowest BCUT2D eigenvalue weighted by Gasteiger charge is -2.00. The summed E-state index contributed by atoms with van der Waals surface area (Å²) < 4.78 is 34.6. The second-order valence-electron chi connectivity index (χ2n) is 2.47. The van der Waals surface area contributed by atoms with Gasteiger partial charge in [-0.25, -0.2) is 8.42 Å². The zero-order chi connectivity index (χ0) is 10.6. The molecule has 0 saturated heterocycles. The Morgan fingerprint density at radius 3 is 2.29 bits per heavy atom. The Balaban J connectivity index is 2.87. The van der Waals surface area contributed by atoms with Gasteiger partial charge in [0.25, 0.3) is 0 Å². The first-order chi connectivity index (χ1) is 6.56. The molecule has 0 aliphatic heterocycles. The van der Waals surface area contributed by atoms with Crippen LogP contribution in [0, 0.1) is 6.92 Å². The van der Waals surface area contributed by atoms with Crippen molar-refractivity contribution < 1.29 is 12.3 Å². The fraction of sp³-hybridized carbons (Fsp3) is 0.143. The summed E-state index contributed by atoms with van der Waals surface area (Å²) in [6, 6.07) is 6.45. The minimum atomic E-state index is -3.42. The highest BCUT2D eigenvalue weighted by Crippen LogP contribution is 2.42. The van der Waals surface area contributed by atoms with E-state index in [0.717, 1.165) is 5.56 Å². The predicted molar refractivity (Wildman–Crippen MR) is 62.2 cm³/mol. The van der Waals surface area contributed by atoms with Gasteiger partial charge in [0.2, 0.25) is 8.87 Å². The predicted octanol–water partition coefficient (Wildman–Crippen LogP) is 3.60. The molecule has 0 fully saturated rings. The van der Waals surface area contributed by atoms with Crippen LogP contribution in [-0.4, -0.2) is 8.42 Å². The molecule has 0 aromatic heterocycles. The normalized spacial score (nSPS) is 11.6. The smallest absolute Gasteiger partial charge is 0.211 e. The molecule has 2 nitrogen and oxygen atoms in total. The van der Waals surface area contributed by atoms with Gasteiger partial charge in [-0.15, -0.1) is 0 Å². The highest BCUT2D eigenvalue weighted by atomic mass is 33.7. The number of hydrogen-bond acceptors (Lipinski definition) is 5. The molecule has 1 aromatic carbocycles. The molecule has 0 spiro atoms. The summed E-state index contributed by atoms with van der Waals surface area (Å²) in [6.07, 6.45) is 0. The number of hydrogen-bond donors (Lipinski definition) is 0. The Kier molecular flexibility index (Phi) is 4.62. The first kappa shape index (κ1) is 12.2. The van der Waals surface area contributed by atoms with E-state index in [-0.39, 0.29) is 16.1 Å². The molecule has 0 aliphatic rings. The summed E-state index contributed by atoms with van der Waals surface area (Å²) in [5.41, 5.74) is 0.987. The number of rotatable bonds is 4. The third-order valence-electron chi connectivity index (χ3n) is 1.45. The average Bonchev–Trinajstić information content (AvgIpc) is 2.16. The SMILES string of the molecule is Cc1ccc(S(=O)(=O)SSSF)cc1. The highest BCUT2D eigenvalue weighted by Gasteiger charge is 2.15. The van der Waals surface area contributed by atoms with E-state index in [1.54, 1.807) is 12.1 Å². The second-order valence-corrected chi connectivity index (χ2v) is 9.20. The summed E-state index contributed by atoms with van der Waals surface area (Å²) in [6.45, 7) is 1.87. The maximum atomic E-state index is 11.7. The average molecular weight is 270 g/mol. The molecule has 78 valence electrons. The van der Waals surface area contributed by atoms with Gasteiger partial charge < -0.3 is 0 Å². The lowest BCUT2D eigenvalue weighted by molar-refractivity contribution is 0.611. The minimum Gasteiger partial charge on any atom is -0.211 e. The van der Waals surface area contributed by atoms with Crippen LogP contribution in [0.1, 0.15) is 5.56 Å². The van der Waals surface area contributed by atoms with Crippen LogP contribution in [0.15, 0.2) is 29.2 Å². The van der Waals surface area contributed by atoms with Crippen LogP contribution in [-0.2, 0) is 8.87 Å². The first-order valence-corrected chi connectivity index (χ1v) is 8.90. The van der Waals surface area contributed by atoms with Crippen molar-refractivity contribution in [2.45, 2.75) is 11.8 Å². The van der Waals surface area contributed by atoms with E-state index in [2.05, 4.69) is 0 Å². The lowest BCUT2D eigenvalue weighted by atomic mass is 10.2. The van der Waals surface area contributed by atoms with Crippen molar-refractivity contribution in [1.29, 1.82) is 0 Å². The molecule has 7 heteroatoms. The Hall–Kier alpha value is 0.150. The van der Waals surface area contributed by atoms with Gasteiger partial charge in [-0.1, -0.05) is 17.7 Å². The van der Waals surface area contributed by atoms with Crippen molar-refractivity contribution in [3.8, 4) is 0 Å². The van der Waals surface area contributed by atoms with E-state index in [1.165, 1.54) is 12.1 Å². The second kappa shape index (κ2) is 5.29. The van der Waals surface area contributed by atoms with Crippen LogP contribution in [0.5, 0.6) is 0 Å². The first-order valence-electron chi connectivity index (χ1n) is 3.51. The lowest BCUT2D eigenvalue weighted by Crippen LogP contribution is -1.92. The number of halogens is 1. The number of benzene rings is 1. The van der Waals surface area contributed by atoms with Crippen molar-refractivity contribution in [1.82, 2.24) is 0 Å². The van der Waals surface area contributed by atoms with Crippen molar-refractivity contribution in [3.05, 3.63) is 29.8 Å². The van der Waals surface area contributed by atoms with Crippen LogP contribution < -0.4 is 0 Å². The molecule has 0 N–H and O–H groups in total. The molecule has 0 amide bonds. The molecule has 0 atom stereocenters. The molecule has 0 heterocycles. The van der Waals surface area contributed by atoms with Crippen molar-refractivity contribution >= 4 is 39.7 Å². The molecule has 14 heavy (non-hydrogen) atoms. The summed E-state index contributed by atoms with van der Waals surface area (Å²) in [7, 11) is -2.31. The van der Waals surface area contributed by atoms with E-state index in [1.807, 2.05) is 6.92 Å². The standard InChI is InChI=1S/C7H7FO2S4/c1-6-2-4-7(5-3-6)14(9,10)13-12-11-8/h2-5H,1H3. The summed E-state index contributed by atoms with van der Waals surface area (Å²) in [5, 5.41) is 0. The molecule has 0 unspecified atom stereocenters. The van der Waals surface area contributed by atoms with Gasteiger partial charge in [0.05, 0.1) is 14.7 Å². The van der Waals surface area contributed by atoms with E-state index in [4.69, 9.17) is 0 Å². The largest absolute Gasteiger partial charge is 0.240 e. The Morgan fingerprint density at radius 2 is 1.79 bits per heavy atom. The molecule has 0 saturated carbocycles. The van der Waals surface area contributed by atoms with Crippen LogP contribution in [0.4, 0.5) is 3.89 Å². The molecule has 0 bridgehead atoms. The van der Waals surface area contributed by atoms with Gasteiger partial charge in [-0.2, -0.15) is 3.89 Å². The van der Waals surface area contributed by atoms with Crippen LogP contribution in [0.25, 0.3) is 0 Å². The third-order valence-corrected chi connectivity index (χ3v) is 8.10. The van der Waals surface area contributed by atoms with E-state index < -0.39 is 8.87 Å². The molecule has 0 radical (unpaired) electrons. The van der Waals surface area contributed by atoms with Gasteiger partial charge in [0.1, 0.15) is 11.2 Å². The van der Waals surface area contributed by atoms with Crippen LogP contribution in [0.2, 0.25) is 0 Å². The Labute approximate surface area is 93.5 Å². The quantitative estimate of drug-likeness (QED) is 0.781. The van der Waals surface area contributed by atoms with E-state index in [0.29, 0.717) is 19.7 Å². The zero-order valence-electron chi connectivity index (χ0n) is 7.14. The molecule has 1 rings (SSSR count). The van der Waals surface area contributed by atoms with Crippen molar-refractivity contribution in [2.75, 3.05) is 0 Å². The minimum absolute atomic E-state index is 0.0732. The summed E-state index contributed by atoms with van der Waals surface area (Å²) in [5.74, 6) is 0. The molecular formula is C7H7FO2S4. The third kappa shape index (κ3) is 3.38. The Bertz CT molecular complexity index is 387. The molecule has 0 aliphatic carbocycles. The topological polar surface area (TPSA) is 34.1 Å². The van der Waals surface area contributed by atoms with Gasteiger partial charge in [-0.05, 0) is 19.1 Å². The van der Waals surface area contributed by atoms with Crippen LogP contribution >= 0.6 is 30.8 Å². The summed E-state index contributed by atoms with van der Waals surface area (Å²) >= 11 is -0.0732. The maximum absolute atomic E-state index is 11.7. The fourth-order valence-electron chi connectivity index (χ4n) is 0.791. The monoisotopic (exact) mass is 270 g/mol. The van der Waals surface area contributed by atoms with Gasteiger partial charge in [-0.3, -0.25) is 0 Å². The summed E-state index contributed by atoms with van der Waals surface area (Å²) in [4.78, 5) is 0.203. The molecular weight excluding hydrogens is 263 g/mol. The van der Waals surface area contributed by atoms with Crippen molar-refractivity contribution in [2.24, 2.45) is 0 Å². The van der Waals surface area contributed by atoms with E-state index >= 15 is 0 Å². The van der Waals surface area contributed by atoms with E-state index in [9.17, 15) is 12.3 Å². The van der Waals surface area contributed by atoms with Gasteiger partial charge in [0.15, 0.2) is 0 Å². The maximum Gasteiger partial charge on any atom is 0.240 e. The fourth-order valence-corrected chi connectivity index (χ4v) is 6.38. The van der Waals surface area contributed by atoms with Crippen LogP contribution in [0.3, 0.4) is 0 Å². The molecule has 1 aromatic rings. The number of aryl methyl sites for hydroxylation is 1. The zero-order valence-corrected chi connectivity index (χ0v) is 10.4.